The van der Waals surface area contributed by atoms with Crippen molar-refractivity contribution in [1.29, 1.82) is 0 Å². The van der Waals surface area contributed by atoms with Crippen molar-refractivity contribution < 1.29 is 22.3 Å². The Balaban J connectivity index is 1.60. The molecule has 3 N–H and O–H groups in total. The zero-order valence-electron chi connectivity index (χ0n) is 14.5. The monoisotopic (exact) mass is 391 g/mol. The zero-order valence-corrected chi connectivity index (χ0v) is 15.3. The molecule has 0 spiro atoms. The predicted octanol–water partition coefficient (Wildman–Crippen LogP) is 1.70. The van der Waals surface area contributed by atoms with Gasteiger partial charge in [0.1, 0.15) is 11.6 Å². The topological polar surface area (TPSA) is 96.5 Å². The number of carbonyl (C=O) groups excluding carboxylic acids is 1. The van der Waals surface area contributed by atoms with Crippen LogP contribution in [0.15, 0.2) is 53.4 Å². The maximum Gasteiger partial charge on any atom is 0.257 e. The fourth-order valence-corrected chi connectivity index (χ4v) is 3.91. The highest BCUT2D eigenvalue weighted by atomic mass is 32.2. The van der Waals surface area contributed by atoms with Crippen molar-refractivity contribution in [3.05, 3.63) is 59.9 Å². The number of hydrogen-bond acceptors (Lipinski definition) is 6. The average molecular weight is 391 g/mol. The summed E-state index contributed by atoms with van der Waals surface area (Å²) in [5.74, 6) is -0.464. The Morgan fingerprint density at radius 1 is 1.19 bits per heavy atom. The van der Waals surface area contributed by atoms with Gasteiger partial charge < -0.3 is 10.1 Å². The van der Waals surface area contributed by atoms with E-state index in [0.29, 0.717) is 11.4 Å². The molecule has 0 radical (unpaired) electrons. The number of rotatable bonds is 6. The van der Waals surface area contributed by atoms with Gasteiger partial charge in [-0.3, -0.25) is 15.6 Å². The molecule has 0 aromatic heterocycles. The third-order valence-electron chi connectivity index (χ3n) is 3.95. The quantitative estimate of drug-likeness (QED) is 0.512. The summed E-state index contributed by atoms with van der Waals surface area (Å²) in [7, 11) is -1.93. The first kappa shape index (κ1) is 18.7. The van der Waals surface area contributed by atoms with Crippen molar-refractivity contribution >= 4 is 27.1 Å². The molecule has 1 amide bonds. The minimum atomic E-state index is -3.50. The Kier molecular flexibility index (Phi) is 5.31. The van der Waals surface area contributed by atoms with E-state index < -0.39 is 15.7 Å². The number of ether oxygens (including phenoxy) is 1. The Bertz CT molecular complexity index is 988. The minimum Gasteiger partial charge on any atom is -0.497 e. The summed E-state index contributed by atoms with van der Waals surface area (Å²) in [4.78, 5) is 12.0. The van der Waals surface area contributed by atoms with Crippen molar-refractivity contribution in [2.45, 2.75) is 4.90 Å². The van der Waals surface area contributed by atoms with E-state index in [4.69, 9.17) is 4.74 Å². The van der Waals surface area contributed by atoms with Crippen LogP contribution >= 0.6 is 0 Å². The van der Waals surface area contributed by atoms with Crippen LogP contribution in [0.3, 0.4) is 0 Å². The Morgan fingerprint density at radius 2 is 1.93 bits per heavy atom. The van der Waals surface area contributed by atoms with Crippen molar-refractivity contribution in [3.8, 4) is 5.75 Å². The highest BCUT2D eigenvalue weighted by molar-refractivity contribution is 7.91. The van der Waals surface area contributed by atoms with Crippen molar-refractivity contribution in [3.63, 3.8) is 0 Å². The number of hydrazine groups is 1. The maximum atomic E-state index is 13.5. The zero-order chi connectivity index (χ0) is 19.4. The van der Waals surface area contributed by atoms with E-state index in [1.165, 1.54) is 12.1 Å². The lowest BCUT2D eigenvalue weighted by atomic mass is 10.1. The molecule has 0 bridgehead atoms. The number of benzene rings is 2. The summed E-state index contributed by atoms with van der Waals surface area (Å²) in [5.41, 5.74) is 6.39. The van der Waals surface area contributed by atoms with Gasteiger partial charge in [0, 0.05) is 11.3 Å². The van der Waals surface area contributed by atoms with E-state index in [2.05, 4.69) is 16.2 Å². The molecule has 0 aliphatic carbocycles. The Morgan fingerprint density at radius 3 is 2.63 bits per heavy atom. The number of sulfone groups is 1. The van der Waals surface area contributed by atoms with Gasteiger partial charge in [-0.1, -0.05) is 0 Å². The molecule has 0 atom stereocenters. The van der Waals surface area contributed by atoms with Crippen LogP contribution in [0.5, 0.6) is 5.75 Å². The van der Waals surface area contributed by atoms with Gasteiger partial charge in [-0.25, -0.2) is 12.8 Å². The van der Waals surface area contributed by atoms with Gasteiger partial charge in [-0.2, -0.15) is 0 Å². The van der Waals surface area contributed by atoms with Crippen LogP contribution in [-0.2, 0) is 14.6 Å². The number of halogens is 1. The number of amides is 1. The van der Waals surface area contributed by atoms with Crippen LogP contribution in [0.4, 0.5) is 10.1 Å². The molecule has 27 heavy (non-hydrogen) atoms. The van der Waals surface area contributed by atoms with Crippen LogP contribution < -0.4 is 20.9 Å². The van der Waals surface area contributed by atoms with Gasteiger partial charge in [-0.15, -0.1) is 0 Å². The summed E-state index contributed by atoms with van der Waals surface area (Å²) in [5, 5.41) is 2.94. The van der Waals surface area contributed by atoms with Gasteiger partial charge in [0.15, 0.2) is 9.84 Å². The van der Waals surface area contributed by atoms with E-state index in [1.54, 1.807) is 31.4 Å². The van der Waals surface area contributed by atoms with Gasteiger partial charge in [-0.05, 0) is 48.5 Å². The lowest BCUT2D eigenvalue weighted by molar-refractivity contribution is -0.120. The first-order valence-corrected chi connectivity index (χ1v) is 9.70. The van der Waals surface area contributed by atoms with E-state index >= 15 is 0 Å². The molecular weight excluding hydrogens is 373 g/mol. The predicted molar refractivity (Wildman–Crippen MR) is 99.2 cm³/mol. The lowest BCUT2D eigenvalue weighted by Crippen LogP contribution is -2.40. The number of hydrogen-bond donors (Lipinski definition) is 3. The summed E-state index contributed by atoms with van der Waals surface area (Å²) in [6, 6.07) is 10.5. The molecule has 2 aromatic carbocycles. The van der Waals surface area contributed by atoms with E-state index in [-0.39, 0.29) is 28.7 Å². The summed E-state index contributed by atoms with van der Waals surface area (Å²) < 4.78 is 42.7. The molecule has 2 aromatic rings. The second kappa shape index (κ2) is 7.67. The van der Waals surface area contributed by atoms with Crippen molar-refractivity contribution in [2.75, 3.05) is 24.7 Å². The molecule has 0 saturated heterocycles. The number of anilines is 1. The highest BCUT2D eigenvalue weighted by Crippen LogP contribution is 2.28. The Labute approximate surface area is 156 Å². The van der Waals surface area contributed by atoms with Gasteiger partial charge >= 0.3 is 0 Å². The summed E-state index contributed by atoms with van der Waals surface area (Å²) >= 11 is 0. The van der Waals surface area contributed by atoms with Gasteiger partial charge in [0.2, 0.25) is 0 Å². The molecule has 0 saturated carbocycles. The molecule has 0 fully saturated rings. The normalized spacial score (nSPS) is 14.5. The highest BCUT2D eigenvalue weighted by Gasteiger charge is 2.25. The lowest BCUT2D eigenvalue weighted by Gasteiger charge is -2.20. The first-order chi connectivity index (χ1) is 12.9. The van der Waals surface area contributed by atoms with E-state index in [1.807, 2.05) is 0 Å². The number of methoxy groups -OCH3 is 1. The SMILES string of the molecule is COc1ccc(NCC(=O)NNC2=CCS(=O)(=O)c3ccc(F)cc32)cc1. The third kappa shape index (κ3) is 4.37. The Hall–Kier alpha value is -3.07. The van der Waals surface area contributed by atoms with Crippen LogP contribution in [0.1, 0.15) is 5.56 Å². The third-order valence-corrected chi connectivity index (χ3v) is 5.59. The van der Waals surface area contributed by atoms with E-state index in [9.17, 15) is 17.6 Å². The number of carbonyl (C=O) groups is 1. The molecule has 1 heterocycles. The van der Waals surface area contributed by atoms with Crippen LogP contribution in [0.2, 0.25) is 0 Å². The molecule has 1 aliphatic rings. The molecule has 9 heteroatoms. The molecule has 3 rings (SSSR count). The van der Waals surface area contributed by atoms with Gasteiger partial charge in [0.05, 0.1) is 30.0 Å². The second-order valence-corrected chi connectivity index (χ2v) is 7.80. The second-order valence-electron chi connectivity index (χ2n) is 5.79. The van der Waals surface area contributed by atoms with Crippen LogP contribution in [0.25, 0.3) is 5.70 Å². The van der Waals surface area contributed by atoms with Crippen molar-refractivity contribution in [2.24, 2.45) is 0 Å². The molecule has 142 valence electrons. The van der Waals surface area contributed by atoms with Gasteiger partial charge in [0.25, 0.3) is 5.91 Å². The summed E-state index contributed by atoms with van der Waals surface area (Å²) in [6.07, 6.45) is 1.40. The maximum absolute atomic E-state index is 13.5. The average Bonchev–Trinajstić information content (AvgIpc) is 2.66. The number of nitrogens with one attached hydrogen (secondary N) is 3. The largest absolute Gasteiger partial charge is 0.497 e. The van der Waals surface area contributed by atoms with E-state index in [0.717, 1.165) is 17.8 Å². The molecule has 1 aliphatic heterocycles. The van der Waals surface area contributed by atoms with Crippen LogP contribution in [0, 0.1) is 5.82 Å². The number of fused-ring (bicyclic) bond motifs is 1. The smallest absolute Gasteiger partial charge is 0.257 e. The fourth-order valence-electron chi connectivity index (χ4n) is 2.57. The standard InChI is InChI=1S/C18H18FN3O4S/c1-26-14-5-3-13(4-6-14)20-11-18(23)22-21-16-8-9-27(24,25)17-7-2-12(19)10-15(16)17/h2-8,10,20-21H,9,11H2,1H3,(H,22,23). The first-order valence-electron chi connectivity index (χ1n) is 8.05. The minimum absolute atomic E-state index is 0.0130. The van der Waals surface area contributed by atoms with Crippen LogP contribution in [-0.4, -0.2) is 33.7 Å². The molecular formula is C18H18FN3O4S. The molecule has 7 nitrogen and oxygen atoms in total. The molecule has 0 unspecified atom stereocenters. The summed E-state index contributed by atoms with van der Waals surface area (Å²) in [6.45, 7) is -0.0130. The fraction of sp³-hybridized carbons (Fsp3) is 0.167. The van der Waals surface area contributed by atoms with Crippen molar-refractivity contribution in [1.82, 2.24) is 10.9 Å².